The lowest BCUT2D eigenvalue weighted by Gasteiger charge is -2.12. The molecule has 0 amide bonds. The second-order valence-corrected chi connectivity index (χ2v) is 10.2. The molecule has 3 N–H and O–H groups in total. The molecule has 2 aromatic carbocycles. The number of nitrogens with zero attached hydrogens (tertiary/aromatic N) is 2. The van der Waals surface area contributed by atoms with Crippen LogP contribution in [0.1, 0.15) is 37.4 Å². The first-order valence-corrected chi connectivity index (χ1v) is 12.3. The first-order valence-electron chi connectivity index (χ1n) is 10.4. The van der Waals surface area contributed by atoms with Crippen molar-refractivity contribution in [1.82, 2.24) is 9.78 Å². The quantitative estimate of drug-likeness (QED) is 0.383. The molecule has 3 rings (SSSR count). The number of aliphatic carboxylic acids is 1. The molecule has 0 radical (unpaired) electrons. The van der Waals surface area contributed by atoms with E-state index in [2.05, 4.69) is 0 Å². The third kappa shape index (κ3) is 6.26. The molecule has 0 aliphatic rings. The Hall–Kier alpha value is -3.06. The number of hydrogen-bond acceptors (Lipinski definition) is 4. The predicted octanol–water partition coefficient (Wildman–Crippen LogP) is 4.88. The highest BCUT2D eigenvalue weighted by atomic mass is 31.2. The van der Waals surface area contributed by atoms with Gasteiger partial charge >= 0.3 is 5.97 Å². The molecular weight excluding hydrogens is 446 g/mol. The average molecular weight is 472 g/mol. The summed E-state index contributed by atoms with van der Waals surface area (Å²) in [5.41, 5.74) is 3.30. The van der Waals surface area contributed by atoms with Crippen LogP contribution in [-0.2, 0) is 9.36 Å². The molecule has 2 atom stereocenters. The maximum absolute atomic E-state index is 13.6. The lowest BCUT2D eigenvalue weighted by atomic mass is 10.00. The van der Waals surface area contributed by atoms with Crippen LogP contribution in [0.5, 0.6) is 0 Å². The fraction of sp³-hybridized carbons (Fsp3) is 0.250. The van der Waals surface area contributed by atoms with E-state index >= 15 is 0 Å². The van der Waals surface area contributed by atoms with Gasteiger partial charge in [-0.05, 0) is 48.4 Å². The van der Waals surface area contributed by atoms with Crippen LogP contribution in [0.4, 0.5) is 4.39 Å². The van der Waals surface area contributed by atoms with Gasteiger partial charge in [0, 0.05) is 16.9 Å². The van der Waals surface area contributed by atoms with Crippen molar-refractivity contribution in [1.29, 1.82) is 0 Å². The highest BCUT2D eigenvalue weighted by molar-refractivity contribution is 7.61. The number of aliphatic hydroxyl groups is 1. The normalized spacial score (nSPS) is 14.5. The summed E-state index contributed by atoms with van der Waals surface area (Å²) in [4.78, 5) is 21.1. The van der Waals surface area contributed by atoms with Crippen molar-refractivity contribution in [2.45, 2.75) is 32.3 Å². The monoisotopic (exact) mass is 472 g/mol. The Labute approximate surface area is 191 Å². The summed E-state index contributed by atoms with van der Waals surface area (Å²) in [6.07, 6.45) is -1.17. The first kappa shape index (κ1) is 24.6. The van der Waals surface area contributed by atoms with Gasteiger partial charge in [-0.25, -0.2) is 9.07 Å². The van der Waals surface area contributed by atoms with Gasteiger partial charge in [0.15, 0.2) is 0 Å². The number of carboxylic acid groups (broad SMARTS) is 1. The van der Waals surface area contributed by atoms with E-state index in [-0.39, 0.29) is 5.92 Å². The molecule has 0 fully saturated rings. The standard InChI is InChI=1S/C24H26FN2O5P/c1-16(2)23-21(12-13-33(31,32)15-20(28)14-22(29)30)24(17-8-10-18(25)11-9-17)27(26-23)19-6-4-3-5-7-19/h3-13,16,20,28H,14-15H2,1-2H3,(H,29,30)(H,31,32)/t20-/m0/s1. The molecule has 1 unspecified atom stereocenters. The Morgan fingerprint density at radius 3 is 2.36 bits per heavy atom. The molecule has 0 saturated heterocycles. The minimum absolute atomic E-state index is 0.0375. The zero-order chi connectivity index (χ0) is 24.2. The summed E-state index contributed by atoms with van der Waals surface area (Å²) < 4.78 is 28.0. The first-order chi connectivity index (χ1) is 15.6. The molecule has 0 aliphatic carbocycles. The van der Waals surface area contributed by atoms with Crippen LogP contribution in [0.25, 0.3) is 23.0 Å². The highest BCUT2D eigenvalue weighted by Crippen LogP contribution is 2.45. The van der Waals surface area contributed by atoms with Crippen molar-refractivity contribution in [3.8, 4) is 16.9 Å². The van der Waals surface area contributed by atoms with E-state index in [1.54, 1.807) is 16.8 Å². The van der Waals surface area contributed by atoms with Gasteiger partial charge in [0.2, 0.25) is 7.37 Å². The molecule has 7 nitrogen and oxygen atoms in total. The largest absolute Gasteiger partial charge is 0.481 e. The van der Waals surface area contributed by atoms with Crippen LogP contribution in [0.2, 0.25) is 0 Å². The molecule has 33 heavy (non-hydrogen) atoms. The molecule has 1 aromatic heterocycles. The van der Waals surface area contributed by atoms with Crippen molar-refractivity contribution in [3.63, 3.8) is 0 Å². The summed E-state index contributed by atoms with van der Waals surface area (Å²) in [7, 11) is -3.99. The van der Waals surface area contributed by atoms with Gasteiger partial charge in [-0.1, -0.05) is 32.0 Å². The SMILES string of the molecule is CC(C)c1nn(-c2ccccc2)c(-c2ccc(F)cc2)c1C=CP(=O)(O)C[C@@H](O)CC(=O)O. The van der Waals surface area contributed by atoms with E-state index < -0.39 is 37.8 Å². The van der Waals surface area contributed by atoms with Gasteiger partial charge in [0.1, 0.15) is 5.82 Å². The maximum atomic E-state index is 13.6. The molecule has 1 heterocycles. The molecule has 0 aliphatic heterocycles. The number of hydrogen-bond donors (Lipinski definition) is 3. The van der Waals surface area contributed by atoms with Crippen molar-refractivity contribution in [3.05, 3.63) is 77.5 Å². The minimum atomic E-state index is -3.99. The zero-order valence-electron chi connectivity index (χ0n) is 18.3. The Balaban J connectivity index is 2.14. The second kappa shape index (κ2) is 10.3. The molecule has 0 spiro atoms. The van der Waals surface area contributed by atoms with E-state index in [1.165, 1.54) is 18.2 Å². The van der Waals surface area contributed by atoms with Crippen LogP contribution in [0, 0.1) is 5.82 Å². The number of carboxylic acids is 1. The van der Waals surface area contributed by atoms with E-state index in [0.717, 1.165) is 11.5 Å². The van der Waals surface area contributed by atoms with Crippen molar-refractivity contribution < 1.29 is 28.9 Å². The number of carbonyl (C=O) groups is 1. The molecule has 174 valence electrons. The van der Waals surface area contributed by atoms with E-state index in [9.17, 15) is 23.7 Å². The third-order valence-electron chi connectivity index (χ3n) is 4.97. The summed E-state index contributed by atoms with van der Waals surface area (Å²) in [5.74, 6) is -0.581. The fourth-order valence-electron chi connectivity index (χ4n) is 3.50. The molecule has 3 aromatic rings. The smallest absolute Gasteiger partial charge is 0.305 e. The van der Waals surface area contributed by atoms with Gasteiger partial charge in [0.05, 0.1) is 35.8 Å². The summed E-state index contributed by atoms with van der Waals surface area (Å²) in [5, 5.41) is 23.4. The van der Waals surface area contributed by atoms with Crippen molar-refractivity contribution >= 4 is 19.4 Å². The van der Waals surface area contributed by atoms with Crippen LogP contribution in [0.3, 0.4) is 0 Å². The van der Waals surface area contributed by atoms with Crippen LogP contribution >= 0.6 is 7.37 Å². The number of aromatic nitrogens is 2. The lowest BCUT2D eigenvalue weighted by molar-refractivity contribution is -0.138. The second-order valence-electron chi connectivity index (χ2n) is 8.06. The molecule has 0 bridgehead atoms. The van der Waals surface area contributed by atoms with Gasteiger partial charge < -0.3 is 15.1 Å². The van der Waals surface area contributed by atoms with Gasteiger partial charge in [-0.15, -0.1) is 0 Å². The van der Waals surface area contributed by atoms with Crippen LogP contribution in [0.15, 0.2) is 60.4 Å². The molecule has 9 heteroatoms. The number of halogens is 1. The maximum Gasteiger partial charge on any atom is 0.305 e. The summed E-state index contributed by atoms with van der Waals surface area (Å²) >= 11 is 0. The van der Waals surface area contributed by atoms with Crippen LogP contribution in [-0.4, -0.2) is 43.1 Å². The number of para-hydroxylation sites is 1. The van der Waals surface area contributed by atoms with Crippen molar-refractivity contribution in [2.24, 2.45) is 0 Å². The Bertz CT molecular complexity index is 1190. The fourth-order valence-corrected chi connectivity index (χ4v) is 4.74. The van der Waals surface area contributed by atoms with Gasteiger partial charge in [-0.2, -0.15) is 5.10 Å². The van der Waals surface area contributed by atoms with E-state index in [1.807, 2.05) is 44.2 Å². The lowest BCUT2D eigenvalue weighted by Crippen LogP contribution is -2.16. The Kier molecular flexibility index (Phi) is 7.64. The topological polar surface area (TPSA) is 113 Å². The Morgan fingerprint density at radius 1 is 1.15 bits per heavy atom. The molecule has 0 saturated carbocycles. The third-order valence-corrected chi connectivity index (χ3v) is 6.53. The van der Waals surface area contributed by atoms with Crippen LogP contribution < -0.4 is 0 Å². The average Bonchev–Trinajstić information content (AvgIpc) is 3.12. The van der Waals surface area contributed by atoms with Gasteiger partial charge in [0.25, 0.3) is 0 Å². The number of rotatable bonds is 9. The summed E-state index contributed by atoms with van der Waals surface area (Å²) in [6.45, 7) is 3.89. The predicted molar refractivity (Wildman–Crippen MR) is 125 cm³/mol. The Morgan fingerprint density at radius 2 is 1.79 bits per heavy atom. The number of aliphatic hydroxyl groups excluding tert-OH is 1. The van der Waals surface area contributed by atoms with Gasteiger partial charge in [-0.3, -0.25) is 9.36 Å². The van der Waals surface area contributed by atoms with E-state index in [4.69, 9.17) is 10.2 Å². The molecular formula is C24H26FN2O5P. The summed E-state index contributed by atoms with van der Waals surface area (Å²) in [6, 6.07) is 15.2. The van der Waals surface area contributed by atoms with E-state index in [0.29, 0.717) is 22.5 Å². The highest BCUT2D eigenvalue weighted by Gasteiger charge is 2.25. The zero-order valence-corrected chi connectivity index (χ0v) is 19.2. The number of benzene rings is 2. The minimum Gasteiger partial charge on any atom is -0.481 e. The van der Waals surface area contributed by atoms with Crippen molar-refractivity contribution in [2.75, 3.05) is 6.16 Å².